The molecule has 3 heterocycles. The van der Waals surface area contributed by atoms with Gasteiger partial charge in [0, 0.05) is 45.0 Å². The molecule has 6 rings (SSSR count). The Morgan fingerprint density at radius 1 is 1.08 bits per heavy atom. The quantitative estimate of drug-likeness (QED) is 0.445. The molecule has 37 heavy (non-hydrogen) atoms. The number of nitrogens with two attached hydrogens (primary N) is 1. The van der Waals surface area contributed by atoms with Crippen LogP contribution in [0.3, 0.4) is 0 Å². The molecule has 2 N–H and O–H groups in total. The van der Waals surface area contributed by atoms with Crippen LogP contribution in [-0.2, 0) is 19.9 Å². The average Bonchev–Trinajstić information content (AvgIpc) is 3.55. The summed E-state index contributed by atoms with van der Waals surface area (Å²) < 4.78 is 3.44. The number of aromatic nitrogens is 4. The second kappa shape index (κ2) is 9.38. The van der Waals surface area contributed by atoms with Crippen LogP contribution < -0.4 is 16.2 Å². The summed E-state index contributed by atoms with van der Waals surface area (Å²) in [6.07, 6.45) is 8.84. The van der Waals surface area contributed by atoms with E-state index in [4.69, 9.17) is 5.73 Å². The lowest BCUT2D eigenvalue weighted by atomic mass is 9.73. The molecule has 0 amide bonds. The van der Waals surface area contributed by atoms with Crippen molar-refractivity contribution < 1.29 is 0 Å². The lowest BCUT2D eigenvalue weighted by Crippen LogP contribution is -2.46. The van der Waals surface area contributed by atoms with E-state index in [1.165, 1.54) is 11.1 Å². The van der Waals surface area contributed by atoms with Gasteiger partial charge < -0.3 is 10.6 Å². The molecule has 186 valence electrons. The van der Waals surface area contributed by atoms with Gasteiger partial charge in [-0.3, -0.25) is 9.36 Å². The molecular formula is C30H30N6O. The standard InChI is InChI=1S/C30H30N6O/c1-34-28(37)24(8-4-6-22-10-12-25(13-11-22)36-17-5-16-33-36)21-32-29(34)35-18-14-30(15-19-35)20-23-7-2-3-9-26(23)27(30)31/h2-3,5,7,9-13,16-17,21,27H,6,14-15,18-20,31H2,1H3/t27-/m1/s1. The van der Waals surface area contributed by atoms with Crippen LogP contribution in [0, 0.1) is 17.3 Å². The van der Waals surface area contributed by atoms with Crippen molar-refractivity contribution in [2.24, 2.45) is 18.2 Å². The van der Waals surface area contributed by atoms with Crippen LogP contribution in [0.4, 0.5) is 5.95 Å². The molecule has 2 aromatic carbocycles. The summed E-state index contributed by atoms with van der Waals surface area (Å²) in [4.78, 5) is 19.9. The Balaban J connectivity index is 1.12. The molecule has 1 fully saturated rings. The summed E-state index contributed by atoms with van der Waals surface area (Å²) in [7, 11) is 1.78. The van der Waals surface area contributed by atoms with Gasteiger partial charge in [-0.2, -0.15) is 5.10 Å². The number of anilines is 1. The van der Waals surface area contributed by atoms with E-state index in [2.05, 4.69) is 51.1 Å². The lowest BCUT2D eigenvalue weighted by molar-refractivity contribution is 0.186. The Morgan fingerprint density at radius 3 is 2.59 bits per heavy atom. The molecule has 1 aliphatic heterocycles. The van der Waals surface area contributed by atoms with E-state index >= 15 is 0 Å². The van der Waals surface area contributed by atoms with Gasteiger partial charge in [0.05, 0.1) is 11.9 Å². The van der Waals surface area contributed by atoms with E-state index < -0.39 is 0 Å². The van der Waals surface area contributed by atoms with Crippen molar-refractivity contribution in [2.75, 3.05) is 18.0 Å². The van der Waals surface area contributed by atoms with E-state index in [0.29, 0.717) is 17.9 Å². The Labute approximate surface area is 216 Å². The number of hydrogen-bond donors (Lipinski definition) is 1. The van der Waals surface area contributed by atoms with Crippen LogP contribution in [-0.4, -0.2) is 32.4 Å². The summed E-state index contributed by atoms with van der Waals surface area (Å²) in [6.45, 7) is 1.67. The molecule has 0 unspecified atom stereocenters. The smallest absolute Gasteiger partial charge is 0.270 e. The molecular weight excluding hydrogens is 460 g/mol. The van der Waals surface area contributed by atoms with Crippen LogP contribution in [0.1, 0.15) is 41.1 Å². The lowest BCUT2D eigenvalue weighted by Gasteiger charge is -2.42. The zero-order chi connectivity index (χ0) is 25.4. The Bertz CT molecular complexity index is 1530. The summed E-state index contributed by atoms with van der Waals surface area (Å²) in [5, 5.41) is 4.24. The molecule has 7 nitrogen and oxygen atoms in total. The number of rotatable bonds is 3. The van der Waals surface area contributed by atoms with Gasteiger partial charge in [-0.25, -0.2) is 9.67 Å². The second-order valence-corrected chi connectivity index (χ2v) is 10.1. The topological polar surface area (TPSA) is 82.0 Å². The highest BCUT2D eigenvalue weighted by molar-refractivity contribution is 5.42. The Kier molecular flexibility index (Phi) is 5.90. The fourth-order valence-electron chi connectivity index (χ4n) is 5.80. The van der Waals surface area contributed by atoms with Crippen LogP contribution in [0.25, 0.3) is 5.69 Å². The number of benzene rings is 2. The maximum absolute atomic E-state index is 13.1. The van der Waals surface area contributed by atoms with Gasteiger partial charge >= 0.3 is 0 Å². The summed E-state index contributed by atoms with van der Waals surface area (Å²) >= 11 is 0. The first kappa shape index (κ1) is 23.3. The van der Waals surface area contributed by atoms with Crippen molar-refractivity contribution in [1.29, 1.82) is 0 Å². The van der Waals surface area contributed by atoms with Crippen molar-refractivity contribution in [2.45, 2.75) is 31.7 Å². The molecule has 1 spiro atoms. The first-order chi connectivity index (χ1) is 18.0. The Hall–Kier alpha value is -4.15. The maximum Gasteiger partial charge on any atom is 0.270 e. The van der Waals surface area contributed by atoms with Crippen molar-refractivity contribution >= 4 is 5.95 Å². The van der Waals surface area contributed by atoms with E-state index in [0.717, 1.165) is 43.6 Å². The molecule has 1 atom stereocenters. The maximum atomic E-state index is 13.1. The first-order valence-electron chi connectivity index (χ1n) is 12.8. The van der Waals surface area contributed by atoms with E-state index in [-0.39, 0.29) is 17.0 Å². The molecule has 7 heteroatoms. The molecule has 1 aliphatic carbocycles. The van der Waals surface area contributed by atoms with Gasteiger partial charge in [0.2, 0.25) is 5.95 Å². The summed E-state index contributed by atoms with van der Waals surface area (Å²) in [6, 6.07) is 18.6. The monoisotopic (exact) mass is 490 g/mol. The van der Waals surface area contributed by atoms with Crippen LogP contribution >= 0.6 is 0 Å². The van der Waals surface area contributed by atoms with Crippen molar-refractivity contribution in [1.82, 2.24) is 19.3 Å². The average molecular weight is 491 g/mol. The fourth-order valence-corrected chi connectivity index (χ4v) is 5.80. The molecule has 0 bridgehead atoms. The fraction of sp³-hybridized carbons (Fsp3) is 0.300. The third-order valence-corrected chi connectivity index (χ3v) is 8.00. The minimum absolute atomic E-state index is 0.0713. The van der Waals surface area contributed by atoms with E-state index in [9.17, 15) is 4.79 Å². The highest BCUT2D eigenvalue weighted by atomic mass is 16.1. The van der Waals surface area contributed by atoms with Crippen molar-refractivity contribution in [3.63, 3.8) is 0 Å². The van der Waals surface area contributed by atoms with E-state index in [1.807, 2.05) is 41.2 Å². The SMILES string of the molecule is Cn1c(N2CCC3(CC2)Cc2ccccc2[C@H]3N)ncc(C#CCc2ccc(-n3cccn3)cc2)c1=O. The van der Waals surface area contributed by atoms with Crippen LogP contribution in [0.5, 0.6) is 0 Å². The minimum atomic E-state index is -0.114. The predicted octanol–water partition coefficient (Wildman–Crippen LogP) is 3.40. The highest BCUT2D eigenvalue weighted by Gasteiger charge is 2.46. The normalized spacial score (nSPS) is 17.9. The van der Waals surface area contributed by atoms with Gasteiger partial charge in [-0.15, -0.1) is 0 Å². The van der Waals surface area contributed by atoms with E-state index in [1.54, 1.807) is 24.0 Å². The zero-order valence-corrected chi connectivity index (χ0v) is 21.0. The van der Waals surface area contributed by atoms with Crippen molar-refractivity contribution in [3.05, 3.63) is 106 Å². The van der Waals surface area contributed by atoms with Gasteiger partial charge in [0.25, 0.3) is 5.56 Å². The molecule has 0 radical (unpaired) electrons. The number of piperidine rings is 1. The van der Waals surface area contributed by atoms with Gasteiger partial charge in [-0.05, 0) is 59.6 Å². The largest absolute Gasteiger partial charge is 0.342 e. The molecule has 0 saturated carbocycles. The van der Waals surface area contributed by atoms with Crippen LogP contribution in [0.2, 0.25) is 0 Å². The second-order valence-electron chi connectivity index (χ2n) is 10.1. The molecule has 4 aromatic rings. The number of fused-ring (bicyclic) bond motifs is 1. The third-order valence-electron chi connectivity index (χ3n) is 8.00. The molecule has 2 aromatic heterocycles. The van der Waals surface area contributed by atoms with Crippen molar-refractivity contribution in [3.8, 4) is 17.5 Å². The van der Waals surface area contributed by atoms with Gasteiger partial charge in [0.15, 0.2) is 0 Å². The first-order valence-corrected chi connectivity index (χ1v) is 12.8. The predicted molar refractivity (Wildman–Crippen MR) is 145 cm³/mol. The number of nitrogens with zero attached hydrogens (tertiary/aromatic N) is 5. The third kappa shape index (κ3) is 4.24. The highest BCUT2D eigenvalue weighted by Crippen LogP contribution is 2.50. The van der Waals surface area contributed by atoms with Gasteiger partial charge in [-0.1, -0.05) is 48.2 Å². The molecule has 2 aliphatic rings. The zero-order valence-electron chi connectivity index (χ0n) is 21.0. The van der Waals surface area contributed by atoms with Gasteiger partial charge in [0.1, 0.15) is 5.56 Å². The van der Waals surface area contributed by atoms with Crippen LogP contribution in [0.15, 0.2) is 78.0 Å². The summed E-state index contributed by atoms with van der Waals surface area (Å²) in [5.41, 5.74) is 11.9. The Morgan fingerprint density at radius 2 is 1.86 bits per heavy atom. The minimum Gasteiger partial charge on any atom is -0.342 e. The molecule has 1 saturated heterocycles. The summed E-state index contributed by atoms with van der Waals surface area (Å²) in [5.74, 6) is 6.86. The number of hydrogen-bond acceptors (Lipinski definition) is 5.